The van der Waals surface area contributed by atoms with Gasteiger partial charge in [-0.15, -0.1) is 0 Å². The molecule has 3 atom stereocenters. The van der Waals surface area contributed by atoms with Gasteiger partial charge < -0.3 is 19.3 Å². The molecule has 1 fully saturated rings. The van der Waals surface area contributed by atoms with E-state index in [9.17, 15) is 19.5 Å². The molecule has 7 nitrogen and oxygen atoms in total. The van der Waals surface area contributed by atoms with E-state index in [2.05, 4.69) is 17.7 Å². The monoisotopic (exact) mass is 450 g/mol. The van der Waals surface area contributed by atoms with E-state index in [4.69, 9.17) is 9.47 Å². The van der Waals surface area contributed by atoms with Crippen LogP contribution in [-0.2, 0) is 28.6 Å². The van der Waals surface area contributed by atoms with E-state index in [1.54, 1.807) is 18.2 Å². The van der Waals surface area contributed by atoms with Crippen LogP contribution < -0.4 is 0 Å². The van der Waals surface area contributed by atoms with E-state index in [0.717, 1.165) is 19.3 Å². The van der Waals surface area contributed by atoms with Crippen molar-refractivity contribution in [2.45, 2.75) is 96.4 Å². The summed E-state index contributed by atoms with van der Waals surface area (Å²) in [6, 6.07) is 0. The second-order valence-electron chi connectivity index (χ2n) is 8.08. The van der Waals surface area contributed by atoms with Crippen LogP contribution in [0.3, 0.4) is 0 Å². The first-order valence-electron chi connectivity index (χ1n) is 11.4. The standard InChI is InChI=1S/C25H38O7/c1-5-6-7-8-9-10-17-25(32-20(3)27)18-16-23(28)22(25)13-11-12-21(31-19(2)26)14-15-24(29)30-4/h9-13,21,23,28H,5-8,14-18H2,1-4H3/b10-9-,12-11+,22-13+/t21-,23-,25-/m0/s1. The highest BCUT2D eigenvalue weighted by Crippen LogP contribution is 2.42. The lowest BCUT2D eigenvalue weighted by atomic mass is 9.91. The van der Waals surface area contributed by atoms with Crippen molar-refractivity contribution in [1.82, 2.24) is 0 Å². The average molecular weight is 451 g/mol. The van der Waals surface area contributed by atoms with Crippen molar-refractivity contribution < 1.29 is 33.7 Å². The molecule has 0 heterocycles. The molecular weight excluding hydrogens is 412 g/mol. The smallest absolute Gasteiger partial charge is 0.305 e. The highest BCUT2D eigenvalue weighted by Gasteiger charge is 2.45. The summed E-state index contributed by atoms with van der Waals surface area (Å²) in [7, 11) is 1.30. The van der Waals surface area contributed by atoms with Crippen LogP contribution in [0.25, 0.3) is 0 Å². The minimum absolute atomic E-state index is 0.109. The van der Waals surface area contributed by atoms with Crippen molar-refractivity contribution >= 4 is 17.9 Å². The van der Waals surface area contributed by atoms with Gasteiger partial charge in [-0.1, -0.05) is 44.1 Å². The molecular formula is C25H38O7. The fourth-order valence-electron chi connectivity index (χ4n) is 3.84. The third kappa shape index (κ3) is 9.81. The Kier molecular flexibility index (Phi) is 12.6. The fourth-order valence-corrected chi connectivity index (χ4v) is 3.84. The maximum atomic E-state index is 11.8. The number of carbonyl (C=O) groups is 3. The molecule has 7 heteroatoms. The summed E-state index contributed by atoms with van der Waals surface area (Å²) in [5, 5.41) is 10.6. The Balaban J connectivity index is 3.00. The average Bonchev–Trinajstić information content (AvgIpc) is 3.03. The van der Waals surface area contributed by atoms with Gasteiger partial charge in [0.2, 0.25) is 0 Å². The van der Waals surface area contributed by atoms with E-state index in [1.165, 1.54) is 27.4 Å². The number of hydrogen-bond acceptors (Lipinski definition) is 7. The number of rotatable bonds is 13. The van der Waals surface area contributed by atoms with Gasteiger partial charge >= 0.3 is 17.9 Å². The van der Waals surface area contributed by atoms with Crippen molar-refractivity contribution in [2.24, 2.45) is 0 Å². The zero-order chi connectivity index (χ0) is 24.0. The Labute approximate surface area is 191 Å². The molecule has 0 amide bonds. The molecule has 0 bridgehead atoms. The number of allylic oxidation sites excluding steroid dienone is 3. The van der Waals surface area contributed by atoms with Crippen molar-refractivity contribution in [3.8, 4) is 0 Å². The number of carbonyl (C=O) groups excluding carboxylic acids is 3. The molecule has 1 saturated carbocycles. The van der Waals surface area contributed by atoms with Crippen LogP contribution in [0, 0.1) is 0 Å². The highest BCUT2D eigenvalue weighted by atomic mass is 16.6. The molecule has 0 saturated heterocycles. The molecule has 0 aromatic carbocycles. The third-order valence-electron chi connectivity index (χ3n) is 5.41. The van der Waals surface area contributed by atoms with Crippen LogP contribution in [-0.4, -0.2) is 47.9 Å². The van der Waals surface area contributed by atoms with Gasteiger partial charge in [-0.3, -0.25) is 14.4 Å². The van der Waals surface area contributed by atoms with E-state index >= 15 is 0 Å². The Morgan fingerprint density at radius 1 is 1.19 bits per heavy atom. The fraction of sp³-hybridized carbons (Fsp3) is 0.640. The summed E-state index contributed by atoms with van der Waals surface area (Å²) in [5.41, 5.74) is -0.267. The topological polar surface area (TPSA) is 99.1 Å². The minimum atomic E-state index is -0.889. The zero-order valence-corrected chi connectivity index (χ0v) is 19.8. The largest absolute Gasteiger partial charge is 0.469 e. The van der Waals surface area contributed by atoms with Crippen molar-refractivity contribution in [3.63, 3.8) is 0 Å². The molecule has 0 radical (unpaired) electrons. The molecule has 0 aromatic heterocycles. The molecule has 1 aliphatic carbocycles. The molecule has 1 N–H and O–H groups in total. The number of aliphatic hydroxyl groups excluding tert-OH is 1. The lowest BCUT2D eigenvalue weighted by Gasteiger charge is -2.30. The summed E-state index contributed by atoms with van der Waals surface area (Å²) in [5.74, 6) is -1.25. The summed E-state index contributed by atoms with van der Waals surface area (Å²) in [4.78, 5) is 34.6. The Morgan fingerprint density at radius 2 is 1.94 bits per heavy atom. The molecule has 0 spiro atoms. The van der Waals surface area contributed by atoms with Gasteiger partial charge in [-0.25, -0.2) is 0 Å². The predicted molar refractivity (Wildman–Crippen MR) is 122 cm³/mol. The highest BCUT2D eigenvalue weighted by molar-refractivity contribution is 5.69. The lowest BCUT2D eigenvalue weighted by Crippen LogP contribution is -2.34. The SMILES string of the molecule is CCCCC/C=C\C[C@]1(OC(C)=O)CC[C@H](O)/C1=C\C=C\[C@@H](CCC(=O)OC)OC(C)=O. The molecule has 0 aliphatic heterocycles. The first kappa shape index (κ1) is 27.6. The number of ether oxygens (including phenoxy) is 3. The number of methoxy groups -OCH3 is 1. The van der Waals surface area contributed by atoms with Crippen molar-refractivity contribution in [1.29, 1.82) is 0 Å². The number of aliphatic hydroxyl groups is 1. The maximum Gasteiger partial charge on any atom is 0.305 e. The van der Waals surface area contributed by atoms with Gasteiger partial charge in [0.25, 0.3) is 0 Å². The van der Waals surface area contributed by atoms with Crippen LogP contribution in [0.1, 0.15) is 78.6 Å². The summed E-state index contributed by atoms with van der Waals surface area (Å²) in [6.45, 7) is 4.83. The summed E-state index contributed by atoms with van der Waals surface area (Å²) >= 11 is 0. The predicted octanol–water partition coefficient (Wildman–Crippen LogP) is 4.34. The normalized spacial score (nSPS) is 23.0. The second kappa shape index (κ2) is 14.6. The number of unbranched alkanes of at least 4 members (excludes halogenated alkanes) is 3. The zero-order valence-electron chi connectivity index (χ0n) is 19.8. The van der Waals surface area contributed by atoms with Gasteiger partial charge in [-0.05, 0) is 38.2 Å². The van der Waals surface area contributed by atoms with E-state index in [1.807, 2.05) is 6.08 Å². The van der Waals surface area contributed by atoms with Gasteiger partial charge in [0.1, 0.15) is 11.7 Å². The number of esters is 3. The molecule has 1 rings (SSSR count). The Morgan fingerprint density at radius 3 is 2.56 bits per heavy atom. The lowest BCUT2D eigenvalue weighted by molar-refractivity contribution is -0.152. The van der Waals surface area contributed by atoms with Crippen LogP contribution in [0.2, 0.25) is 0 Å². The van der Waals surface area contributed by atoms with Crippen LogP contribution in [0.4, 0.5) is 0 Å². The van der Waals surface area contributed by atoms with Crippen LogP contribution in [0.5, 0.6) is 0 Å². The summed E-state index contributed by atoms with van der Waals surface area (Å²) < 4.78 is 15.6. The van der Waals surface area contributed by atoms with Crippen LogP contribution >= 0.6 is 0 Å². The molecule has 1 aliphatic rings. The second-order valence-corrected chi connectivity index (χ2v) is 8.08. The van der Waals surface area contributed by atoms with Crippen molar-refractivity contribution in [3.05, 3.63) is 36.0 Å². The maximum absolute atomic E-state index is 11.8. The molecule has 0 aromatic rings. The minimum Gasteiger partial charge on any atom is -0.469 e. The molecule has 32 heavy (non-hydrogen) atoms. The van der Waals surface area contributed by atoms with Crippen molar-refractivity contribution in [2.75, 3.05) is 7.11 Å². The Hall–Kier alpha value is -2.41. The first-order chi connectivity index (χ1) is 15.2. The van der Waals surface area contributed by atoms with Gasteiger partial charge in [0.15, 0.2) is 0 Å². The molecule has 180 valence electrons. The quantitative estimate of drug-likeness (QED) is 0.193. The van der Waals surface area contributed by atoms with Gasteiger partial charge in [0, 0.05) is 32.3 Å². The van der Waals surface area contributed by atoms with Gasteiger partial charge in [0.05, 0.1) is 13.2 Å². The van der Waals surface area contributed by atoms with E-state index in [-0.39, 0.29) is 18.8 Å². The van der Waals surface area contributed by atoms with Gasteiger partial charge in [-0.2, -0.15) is 0 Å². The third-order valence-corrected chi connectivity index (χ3v) is 5.41. The van der Waals surface area contributed by atoms with E-state index in [0.29, 0.717) is 24.8 Å². The summed E-state index contributed by atoms with van der Waals surface area (Å²) in [6.07, 6.45) is 14.2. The van der Waals surface area contributed by atoms with E-state index < -0.39 is 29.7 Å². The number of hydrogen-bond donors (Lipinski definition) is 1. The van der Waals surface area contributed by atoms with Crippen LogP contribution in [0.15, 0.2) is 36.0 Å². The molecule has 0 unspecified atom stereocenters. The Bertz CT molecular complexity index is 707. The first-order valence-corrected chi connectivity index (χ1v) is 11.4.